The van der Waals surface area contributed by atoms with Gasteiger partial charge in [0.05, 0.1) is 25.5 Å². The summed E-state index contributed by atoms with van der Waals surface area (Å²) in [5, 5.41) is 4.97. The van der Waals surface area contributed by atoms with Crippen LogP contribution in [0.2, 0.25) is 20.1 Å². The smallest absolute Gasteiger partial charge is 0.230 e. The molecule has 1 aliphatic rings. The zero-order valence-corrected chi connectivity index (χ0v) is 26.6. The van der Waals surface area contributed by atoms with Crippen molar-refractivity contribution in [1.29, 1.82) is 0 Å². The van der Waals surface area contributed by atoms with E-state index in [-0.39, 0.29) is 5.91 Å². The number of nitrogens with one attached hydrogen (secondary N) is 1. The zero-order chi connectivity index (χ0) is 30.2. The number of rotatable bonds is 8. The molecular weight excluding hydrogens is 580 g/mol. The van der Waals surface area contributed by atoms with Crippen LogP contribution >= 0.6 is 46.4 Å². The van der Waals surface area contributed by atoms with Gasteiger partial charge in [-0.05, 0) is 95.3 Å². The van der Waals surface area contributed by atoms with E-state index < -0.39 is 5.41 Å². The molecule has 6 nitrogen and oxygen atoms in total. The molecule has 39 heavy (non-hydrogen) atoms. The number of carbonyl (C=O) groups excluding carboxylic acids is 3. The van der Waals surface area contributed by atoms with E-state index in [1.165, 1.54) is 0 Å². The Kier molecular flexibility index (Phi) is 18.6. The maximum atomic E-state index is 13.5. The van der Waals surface area contributed by atoms with E-state index in [2.05, 4.69) is 29.2 Å². The summed E-state index contributed by atoms with van der Waals surface area (Å²) >= 11 is 24.6. The minimum absolute atomic E-state index is 0.0601. The molecule has 1 heterocycles. The summed E-state index contributed by atoms with van der Waals surface area (Å²) < 4.78 is 0. The van der Waals surface area contributed by atoms with Gasteiger partial charge >= 0.3 is 0 Å². The SMILES string of the molecule is C=O.C=O.CC.CN(C)C1CCN(CCC(C)(C(=O)NCc2ccc(Cl)c(Cl)c2)c2ccc(Cl)c(Cl)c2)CC1. The quantitative estimate of drug-likeness (QED) is 0.346. The molecule has 1 N–H and O–H groups in total. The van der Waals surface area contributed by atoms with Gasteiger partial charge in [-0.1, -0.05) is 72.4 Å². The Bertz CT molecular complexity index is 1020. The number of halogens is 4. The molecule has 3 rings (SSSR count). The second-order valence-corrected chi connectivity index (χ2v) is 10.8. The average Bonchev–Trinajstić information content (AvgIpc) is 2.97. The summed E-state index contributed by atoms with van der Waals surface area (Å²) in [4.78, 5) is 34.3. The molecule has 0 radical (unpaired) electrons. The van der Waals surface area contributed by atoms with Crippen molar-refractivity contribution >= 4 is 65.9 Å². The molecule has 10 heteroatoms. The Morgan fingerprint density at radius 3 is 1.92 bits per heavy atom. The van der Waals surface area contributed by atoms with E-state index in [1.54, 1.807) is 24.3 Å². The lowest BCUT2D eigenvalue weighted by atomic mass is 9.78. The number of piperidine rings is 1. The van der Waals surface area contributed by atoms with Gasteiger partial charge in [-0.3, -0.25) is 4.79 Å². The van der Waals surface area contributed by atoms with E-state index in [0.29, 0.717) is 39.1 Å². The Labute approximate surface area is 253 Å². The molecule has 2 aromatic carbocycles. The van der Waals surface area contributed by atoms with E-state index >= 15 is 0 Å². The monoisotopic (exact) mass is 619 g/mol. The molecule has 1 fully saturated rings. The lowest BCUT2D eigenvalue weighted by molar-refractivity contribution is -0.126. The first-order valence-corrected chi connectivity index (χ1v) is 14.3. The number of amides is 1. The topological polar surface area (TPSA) is 69.7 Å². The van der Waals surface area contributed by atoms with Gasteiger partial charge in [0, 0.05) is 12.6 Å². The minimum Gasteiger partial charge on any atom is -0.351 e. The number of benzene rings is 2. The van der Waals surface area contributed by atoms with Gasteiger partial charge in [0.15, 0.2) is 0 Å². The van der Waals surface area contributed by atoms with Gasteiger partial charge in [-0.25, -0.2) is 0 Å². The minimum atomic E-state index is -0.761. The molecule has 1 atom stereocenters. The second kappa shape index (κ2) is 19.4. The van der Waals surface area contributed by atoms with Crippen LogP contribution < -0.4 is 5.32 Å². The first kappa shape index (κ1) is 37.3. The Balaban J connectivity index is 0.00000225. The summed E-state index contributed by atoms with van der Waals surface area (Å²) in [6.45, 7) is 13.2. The van der Waals surface area contributed by atoms with Crippen LogP contribution in [-0.4, -0.2) is 69.1 Å². The lowest BCUT2D eigenvalue weighted by Crippen LogP contribution is -2.46. The van der Waals surface area contributed by atoms with Crippen molar-refractivity contribution in [3.05, 3.63) is 67.6 Å². The van der Waals surface area contributed by atoms with Crippen LogP contribution in [0.4, 0.5) is 0 Å². The molecule has 0 bridgehead atoms. The molecule has 1 unspecified atom stereocenters. The molecular formula is C29H41Cl4N3O3. The fraction of sp³-hybridized carbons (Fsp3) is 0.483. The highest BCUT2D eigenvalue weighted by Crippen LogP contribution is 2.34. The van der Waals surface area contributed by atoms with E-state index in [0.717, 1.165) is 43.6 Å². The number of hydrogen-bond donors (Lipinski definition) is 1. The van der Waals surface area contributed by atoms with Crippen molar-refractivity contribution < 1.29 is 14.4 Å². The highest BCUT2D eigenvalue weighted by Gasteiger charge is 2.36. The summed E-state index contributed by atoms with van der Waals surface area (Å²) in [5.41, 5.74) is 0.981. The molecule has 1 saturated heterocycles. The van der Waals surface area contributed by atoms with Crippen molar-refractivity contribution in [2.75, 3.05) is 33.7 Å². The normalized spacial score (nSPS) is 14.9. The van der Waals surface area contributed by atoms with Crippen LogP contribution in [0.3, 0.4) is 0 Å². The molecule has 1 aliphatic heterocycles. The van der Waals surface area contributed by atoms with E-state index in [9.17, 15) is 4.79 Å². The first-order chi connectivity index (χ1) is 18.6. The highest BCUT2D eigenvalue weighted by molar-refractivity contribution is 6.42. The number of nitrogens with zero attached hydrogens (tertiary/aromatic N) is 2. The van der Waals surface area contributed by atoms with Gasteiger partial charge in [-0.15, -0.1) is 0 Å². The molecule has 2 aromatic rings. The van der Waals surface area contributed by atoms with Crippen LogP contribution in [0.5, 0.6) is 0 Å². The number of hydrogen-bond acceptors (Lipinski definition) is 5. The van der Waals surface area contributed by atoms with Gasteiger partial charge in [0.2, 0.25) is 5.91 Å². The third-order valence-corrected chi connectivity index (χ3v) is 8.19. The predicted molar refractivity (Wildman–Crippen MR) is 165 cm³/mol. The Morgan fingerprint density at radius 2 is 1.44 bits per heavy atom. The van der Waals surface area contributed by atoms with Crippen molar-refractivity contribution in [2.24, 2.45) is 0 Å². The lowest BCUT2D eigenvalue weighted by Gasteiger charge is -2.37. The van der Waals surface area contributed by atoms with Gasteiger partial charge in [0.1, 0.15) is 13.6 Å². The van der Waals surface area contributed by atoms with Crippen LogP contribution in [0.1, 0.15) is 51.2 Å². The summed E-state index contributed by atoms with van der Waals surface area (Å²) in [7, 11) is 4.28. The molecule has 0 saturated carbocycles. The van der Waals surface area contributed by atoms with Crippen LogP contribution in [-0.2, 0) is 26.3 Å². The standard InChI is InChI=1S/C25H31Cl4N3O.C2H6.2CH2O/c1-25(18-5-7-21(27)23(29)15-18,10-13-32-11-8-19(9-12-32)31(2)3)24(33)30-16-17-4-6-20(26)22(28)14-17;3*1-2/h4-7,14-15,19H,8-13,16H2,1-3H3,(H,30,33);1-2H3;2*1H2. The Morgan fingerprint density at radius 1 is 0.923 bits per heavy atom. The number of carbonyl (C=O) groups is 3. The Hall–Kier alpha value is -1.67. The van der Waals surface area contributed by atoms with Crippen molar-refractivity contribution in [3.8, 4) is 0 Å². The second-order valence-electron chi connectivity index (χ2n) is 9.18. The summed E-state index contributed by atoms with van der Waals surface area (Å²) in [6, 6.07) is 11.5. The van der Waals surface area contributed by atoms with E-state index in [4.69, 9.17) is 56.0 Å². The van der Waals surface area contributed by atoms with Gasteiger partial charge in [0.25, 0.3) is 0 Å². The third kappa shape index (κ3) is 11.4. The highest BCUT2D eigenvalue weighted by atomic mass is 35.5. The van der Waals surface area contributed by atoms with Crippen molar-refractivity contribution in [2.45, 2.75) is 58.0 Å². The van der Waals surface area contributed by atoms with Gasteiger partial charge < -0.3 is 24.7 Å². The van der Waals surface area contributed by atoms with Crippen molar-refractivity contribution in [3.63, 3.8) is 0 Å². The summed E-state index contributed by atoms with van der Waals surface area (Å²) in [5.74, 6) is -0.0601. The fourth-order valence-corrected chi connectivity index (χ4v) is 4.92. The first-order valence-electron chi connectivity index (χ1n) is 12.7. The molecule has 0 aliphatic carbocycles. The molecule has 1 amide bonds. The molecule has 0 spiro atoms. The third-order valence-electron chi connectivity index (χ3n) is 6.71. The average molecular weight is 621 g/mol. The predicted octanol–water partition coefficient (Wildman–Crippen LogP) is 6.95. The zero-order valence-electron chi connectivity index (χ0n) is 23.5. The largest absolute Gasteiger partial charge is 0.351 e. The fourth-order valence-electron chi connectivity index (χ4n) is 4.30. The van der Waals surface area contributed by atoms with Crippen LogP contribution in [0, 0.1) is 0 Å². The van der Waals surface area contributed by atoms with Gasteiger partial charge in [-0.2, -0.15) is 0 Å². The van der Waals surface area contributed by atoms with E-state index in [1.807, 2.05) is 46.5 Å². The molecule has 218 valence electrons. The summed E-state index contributed by atoms with van der Waals surface area (Å²) in [6.07, 6.45) is 2.95. The maximum Gasteiger partial charge on any atom is 0.230 e. The van der Waals surface area contributed by atoms with Crippen LogP contribution in [0.15, 0.2) is 36.4 Å². The maximum absolute atomic E-state index is 13.5. The number of likely N-dealkylation sites (tertiary alicyclic amines) is 1. The molecule has 0 aromatic heterocycles. The van der Waals surface area contributed by atoms with Crippen molar-refractivity contribution in [1.82, 2.24) is 15.1 Å². The van der Waals surface area contributed by atoms with Crippen LogP contribution in [0.25, 0.3) is 0 Å².